The first-order valence-electron chi connectivity index (χ1n) is 9.14. The highest BCUT2D eigenvalue weighted by Gasteiger charge is 2.19. The smallest absolute Gasteiger partial charge is 0.383 e. The molecule has 1 aromatic heterocycles. The molecule has 0 amide bonds. The lowest BCUT2D eigenvalue weighted by Gasteiger charge is -2.16. The lowest BCUT2D eigenvalue weighted by molar-refractivity contribution is 0.219. The van der Waals surface area contributed by atoms with Gasteiger partial charge in [0.25, 0.3) is 0 Å². The molecule has 0 atom stereocenters. The summed E-state index contributed by atoms with van der Waals surface area (Å²) in [4.78, 5) is 12.5. The second-order valence-corrected chi connectivity index (χ2v) is 6.56. The van der Waals surface area contributed by atoms with E-state index < -0.39 is 5.63 Å². The predicted molar refractivity (Wildman–Crippen MR) is 104 cm³/mol. The van der Waals surface area contributed by atoms with Crippen LogP contribution in [0.1, 0.15) is 47.5 Å². The van der Waals surface area contributed by atoms with Gasteiger partial charge in [0.05, 0.1) is 24.2 Å². The summed E-state index contributed by atoms with van der Waals surface area (Å²) in [6, 6.07) is 5.37. The van der Waals surface area contributed by atoms with Gasteiger partial charge in [-0.25, -0.2) is 4.79 Å². The van der Waals surface area contributed by atoms with Crippen LogP contribution in [-0.4, -0.2) is 18.8 Å². The molecule has 0 saturated carbocycles. The quantitative estimate of drug-likeness (QED) is 0.354. The molecule has 0 unspecified atom stereocenters. The van der Waals surface area contributed by atoms with Crippen molar-refractivity contribution in [3.05, 3.63) is 40.8 Å². The van der Waals surface area contributed by atoms with Gasteiger partial charge in [0, 0.05) is 6.07 Å². The van der Waals surface area contributed by atoms with Crippen molar-refractivity contribution in [1.29, 1.82) is 0 Å². The Morgan fingerprint density at radius 1 is 1.04 bits per heavy atom. The molecule has 0 aliphatic heterocycles. The maximum absolute atomic E-state index is 12.5. The van der Waals surface area contributed by atoms with Gasteiger partial charge in [0.2, 0.25) is 5.75 Å². The highest BCUT2D eigenvalue weighted by Crippen LogP contribution is 2.35. The average Bonchev–Trinajstić information content (AvgIpc) is 2.55. The Hall–Kier alpha value is -2.43. The first-order valence-corrected chi connectivity index (χ1v) is 9.14. The van der Waals surface area contributed by atoms with E-state index in [-0.39, 0.29) is 18.0 Å². The van der Waals surface area contributed by atoms with Crippen molar-refractivity contribution in [2.75, 3.05) is 6.61 Å². The molecular formula is C21H28O5. The Kier molecular flexibility index (Phi) is 7.13. The topological polar surface area (TPSA) is 57.9 Å². The van der Waals surface area contributed by atoms with Gasteiger partial charge in [-0.2, -0.15) is 0 Å². The van der Waals surface area contributed by atoms with E-state index >= 15 is 0 Å². The molecule has 142 valence electrons. The van der Waals surface area contributed by atoms with Crippen LogP contribution in [0.4, 0.5) is 0 Å². The van der Waals surface area contributed by atoms with Crippen LogP contribution >= 0.6 is 0 Å². The summed E-state index contributed by atoms with van der Waals surface area (Å²) in [5.74, 6) is 1.18. The van der Waals surface area contributed by atoms with E-state index in [0.29, 0.717) is 35.5 Å². The number of benzene rings is 1. The van der Waals surface area contributed by atoms with E-state index in [0.717, 1.165) is 6.42 Å². The van der Waals surface area contributed by atoms with Gasteiger partial charge in [0.15, 0.2) is 5.75 Å². The fourth-order valence-electron chi connectivity index (χ4n) is 2.47. The maximum atomic E-state index is 12.5. The minimum Gasteiger partial charge on any atom is -0.491 e. The molecule has 0 radical (unpaired) electrons. The van der Waals surface area contributed by atoms with Gasteiger partial charge in [-0.15, -0.1) is 0 Å². The molecule has 1 aromatic carbocycles. The molecular weight excluding hydrogens is 332 g/mol. The maximum Gasteiger partial charge on any atom is 0.383 e. The normalized spacial score (nSPS) is 11.7. The summed E-state index contributed by atoms with van der Waals surface area (Å²) < 4.78 is 22.7. The van der Waals surface area contributed by atoms with E-state index in [1.54, 1.807) is 6.07 Å². The van der Waals surface area contributed by atoms with Gasteiger partial charge in [-0.05, 0) is 52.7 Å². The van der Waals surface area contributed by atoms with E-state index in [1.165, 1.54) is 0 Å². The van der Waals surface area contributed by atoms with E-state index in [9.17, 15) is 4.79 Å². The van der Waals surface area contributed by atoms with E-state index in [2.05, 4.69) is 13.0 Å². The molecule has 0 aliphatic rings. The first-order chi connectivity index (χ1) is 12.4. The molecule has 0 fully saturated rings. The summed E-state index contributed by atoms with van der Waals surface area (Å²) in [7, 11) is 0. The third-order valence-electron chi connectivity index (χ3n) is 3.45. The highest BCUT2D eigenvalue weighted by molar-refractivity contribution is 5.86. The minimum absolute atomic E-state index is 0.0318. The lowest BCUT2D eigenvalue weighted by atomic mass is 10.2. The molecule has 5 heteroatoms. The Morgan fingerprint density at radius 2 is 1.77 bits per heavy atom. The molecule has 0 saturated heterocycles. The number of hydrogen-bond acceptors (Lipinski definition) is 5. The summed E-state index contributed by atoms with van der Waals surface area (Å²) in [6.07, 6.45) is 5.71. The lowest BCUT2D eigenvalue weighted by Crippen LogP contribution is -2.14. The Balaban J connectivity index is 2.41. The number of ether oxygens (including phenoxy) is 3. The Labute approximate surface area is 154 Å². The van der Waals surface area contributed by atoms with Crippen LogP contribution in [0, 0.1) is 0 Å². The van der Waals surface area contributed by atoms with Gasteiger partial charge >= 0.3 is 5.63 Å². The molecule has 5 nitrogen and oxygen atoms in total. The largest absolute Gasteiger partial charge is 0.491 e. The number of allylic oxidation sites excluding steroid dienone is 1. The van der Waals surface area contributed by atoms with Crippen LogP contribution in [0.25, 0.3) is 11.0 Å². The summed E-state index contributed by atoms with van der Waals surface area (Å²) in [5.41, 5.74) is -0.128. The first kappa shape index (κ1) is 19.9. The van der Waals surface area contributed by atoms with Crippen LogP contribution in [0.3, 0.4) is 0 Å². The van der Waals surface area contributed by atoms with E-state index in [1.807, 2.05) is 45.9 Å². The number of fused-ring (bicyclic) bond motifs is 1. The Morgan fingerprint density at radius 3 is 2.42 bits per heavy atom. The third-order valence-corrected chi connectivity index (χ3v) is 3.45. The second-order valence-electron chi connectivity index (χ2n) is 6.56. The average molecular weight is 360 g/mol. The van der Waals surface area contributed by atoms with Crippen LogP contribution in [0.15, 0.2) is 39.6 Å². The van der Waals surface area contributed by atoms with Gasteiger partial charge in [0.1, 0.15) is 11.3 Å². The molecule has 0 N–H and O–H groups in total. The summed E-state index contributed by atoms with van der Waals surface area (Å²) in [5, 5.41) is 0.688. The molecule has 2 aromatic rings. The van der Waals surface area contributed by atoms with Crippen molar-refractivity contribution in [1.82, 2.24) is 0 Å². The van der Waals surface area contributed by atoms with E-state index in [4.69, 9.17) is 18.6 Å². The number of hydrogen-bond donors (Lipinski definition) is 0. The van der Waals surface area contributed by atoms with Crippen molar-refractivity contribution in [2.24, 2.45) is 0 Å². The zero-order chi connectivity index (χ0) is 19.1. The fraction of sp³-hybridized carbons (Fsp3) is 0.476. The Bertz CT molecular complexity index is 802. The summed E-state index contributed by atoms with van der Waals surface area (Å²) in [6.45, 7) is 10.2. The van der Waals surface area contributed by atoms with Crippen LogP contribution < -0.4 is 19.8 Å². The summed E-state index contributed by atoms with van der Waals surface area (Å²) >= 11 is 0. The zero-order valence-electron chi connectivity index (χ0n) is 16.2. The van der Waals surface area contributed by atoms with Gasteiger partial charge < -0.3 is 18.6 Å². The SMILES string of the molecule is CCC=CCCOc1c(OC(C)C)c2ccc(OC(C)C)cc2oc1=O. The molecule has 26 heavy (non-hydrogen) atoms. The third kappa shape index (κ3) is 5.28. The van der Waals surface area contributed by atoms with Crippen LogP contribution in [0.5, 0.6) is 17.2 Å². The van der Waals surface area contributed by atoms with Crippen LogP contribution in [-0.2, 0) is 0 Å². The van der Waals surface area contributed by atoms with Crippen molar-refractivity contribution < 1.29 is 18.6 Å². The van der Waals surface area contributed by atoms with Gasteiger partial charge in [-0.3, -0.25) is 0 Å². The predicted octanol–water partition coefficient (Wildman–Crippen LogP) is 5.10. The molecule has 0 aliphatic carbocycles. The zero-order valence-corrected chi connectivity index (χ0v) is 16.2. The molecule has 0 bridgehead atoms. The number of rotatable bonds is 9. The highest BCUT2D eigenvalue weighted by atomic mass is 16.5. The second kappa shape index (κ2) is 9.32. The van der Waals surface area contributed by atoms with Gasteiger partial charge in [-0.1, -0.05) is 19.1 Å². The molecule has 2 rings (SSSR count). The van der Waals surface area contributed by atoms with Crippen molar-refractivity contribution in [3.63, 3.8) is 0 Å². The van der Waals surface area contributed by atoms with Crippen molar-refractivity contribution >= 4 is 11.0 Å². The van der Waals surface area contributed by atoms with Crippen molar-refractivity contribution in [3.8, 4) is 17.2 Å². The van der Waals surface area contributed by atoms with Crippen LogP contribution in [0.2, 0.25) is 0 Å². The monoisotopic (exact) mass is 360 g/mol. The van der Waals surface area contributed by atoms with Crippen molar-refractivity contribution in [2.45, 2.75) is 59.7 Å². The standard InChI is InChI=1S/C21H28O5/c1-6-7-8-9-12-23-20-19(25-15(4)5)17-11-10-16(24-14(2)3)13-18(17)26-21(20)22/h7-8,10-11,13-15H,6,9,12H2,1-5H3. The minimum atomic E-state index is -0.547. The molecule has 0 spiro atoms. The fourth-order valence-corrected chi connectivity index (χ4v) is 2.47. The molecule has 1 heterocycles.